The number of hydrogen-bond acceptors (Lipinski definition) is 3. The van der Waals surface area contributed by atoms with E-state index in [4.69, 9.17) is 5.11 Å². The van der Waals surface area contributed by atoms with Crippen molar-refractivity contribution in [2.75, 3.05) is 0 Å². The molecule has 1 saturated carbocycles. The first kappa shape index (κ1) is 12.0. The quantitative estimate of drug-likeness (QED) is 0.839. The van der Waals surface area contributed by atoms with E-state index >= 15 is 0 Å². The second-order valence-corrected chi connectivity index (χ2v) is 6.48. The molecule has 0 saturated heterocycles. The Morgan fingerprint density at radius 2 is 1.94 bits per heavy atom. The molecule has 0 aromatic carbocycles. The third-order valence-electron chi connectivity index (χ3n) is 3.06. The van der Waals surface area contributed by atoms with Crippen LogP contribution < -0.4 is 0 Å². The Balaban J connectivity index is 2.26. The fourth-order valence-electron chi connectivity index (χ4n) is 2.28. The number of thiazole rings is 1. The van der Waals surface area contributed by atoms with Crippen LogP contribution in [0.5, 0.6) is 0 Å². The number of carboxylic acids is 1. The topological polar surface area (TPSA) is 50.2 Å². The predicted octanol–water partition coefficient (Wildman–Crippen LogP) is 4.04. The highest BCUT2D eigenvalue weighted by Gasteiger charge is 2.24. The molecule has 16 heavy (non-hydrogen) atoms. The lowest BCUT2D eigenvalue weighted by molar-refractivity contribution is 0.0689. The minimum atomic E-state index is -0.902. The SMILES string of the molecule is O=C(O)c1nc(Br)sc1C1CCCCCC1. The molecular formula is C11H14BrNO2S. The first-order valence-electron chi connectivity index (χ1n) is 5.58. The maximum absolute atomic E-state index is 11.1. The largest absolute Gasteiger partial charge is 0.476 e. The third-order valence-corrected chi connectivity index (χ3v) is 4.73. The number of rotatable bonds is 2. The molecule has 1 aliphatic carbocycles. The van der Waals surface area contributed by atoms with Crippen LogP contribution >= 0.6 is 27.3 Å². The second-order valence-electron chi connectivity index (χ2n) is 4.17. The Kier molecular flexibility index (Phi) is 3.97. The van der Waals surface area contributed by atoms with Gasteiger partial charge in [0.15, 0.2) is 9.61 Å². The zero-order valence-corrected chi connectivity index (χ0v) is 11.3. The number of halogens is 1. The molecule has 0 atom stereocenters. The van der Waals surface area contributed by atoms with E-state index in [1.165, 1.54) is 37.0 Å². The molecule has 88 valence electrons. The van der Waals surface area contributed by atoms with E-state index < -0.39 is 5.97 Å². The molecule has 0 bridgehead atoms. The molecule has 1 aromatic heterocycles. The summed E-state index contributed by atoms with van der Waals surface area (Å²) in [4.78, 5) is 16.1. The van der Waals surface area contributed by atoms with Crippen LogP contribution in [-0.2, 0) is 0 Å². The summed E-state index contributed by atoms with van der Waals surface area (Å²) in [5, 5.41) is 9.10. The Hall–Kier alpha value is -0.420. The summed E-state index contributed by atoms with van der Waals surface area (Å²) < 4.78 is 0.684. The van der Waals surface area contributed by atoms with Crippen molar-refractivity contribution in [3.63, 3.8) is 0 Å². The Bertz CT molecular complexity index is 383. The third kappa shape index (κ3) is 2.63. The summed E-state index contributed by atoms with van der Waals surface area (Å²) in [7, 11) is 0. The van der Waals surface area contributed by atoms with Crippen LogP contribution in [0, 0.1) is 0 Å². The molecule has 5 heteroatoms. The van der Waals surface area contributed by atoms with E-state index in [-0.39, 0.29) is 5.69 Å². The summed E-state index contributed by atoms with van der Waals surface area (Å²) in [6, 6.07) is 0. The van der Waals surface area contributed by atoms with Crippen molar-refractivity contribution >= 4 is 33.2 Å². The molecule has 1 fully saturated rings. The lowest BCUT2D eigenvalue weighted by Crippen LogP contribution is -2.05. The van der Waals surface area contributed by atoms with Gasteiger partial charge in [0.25, 0.3) is 0 Å². The van der Waals surface area contributed by atoms with Crippen molar-refractivity contribution in [2.24, 2.45) is 0 Å². The summed E-state index contributed by atoms with van der Waals surface area (Å²) >= 11 is 4.76. The Morgan fingerprint density at radius 3 is 2.50 bits per heavy atom. The number of hydrogen-bond donors (Lipinski definition) is 1. The van der Waals surface area contributed by atoms with Gasteiger partial charge in [-0.25, -0.2) is 9.78 Å². The zero-order chi connectivity index (χ0) is 11.5. The normalized spacial score (nSPS) is 18.3. The van der Waals surface area contributed by atoms with E-state index in [2.05, 4.69) is 20.9 Å². The minimum absolute atomic E-state index is 0.253. The molecule has 0 amide bonds. The fraction of sp³-hybridized carbons (Fsp3) is 0.636. The van der Waals surface area contributed by atoms with E-state index in [0.29, 0.717) is 9.83 Å². The van der Waals surface area contributed by atoms with Gasteiger partial charge in [0.1, 0.15) is 0 Å². The second kappa shape index (κ2) is 5.27. The van der Waals surface area contributed by atoms with Gasteiger partial charge in [-0.3, -0.25) is 0 Å². The van der Waals surface area contributed by atoms with Crippen LogP contribution in [0.3, 0.4) is 0 Å². The maximum atomic E-state index is 11.1. The van der Waals surface area contributed by atoms with E-state index in [0.717, 1.165) is 17.7 Å². The van der Waals surface area contributed by atoms with Crippen LogP contribution in [-0.4, -0.2) is 16.1 Å². The van der Waals surface area contributed by atoms with Crippen molar-refractivity contribution in [2.45, 2.75) is 44.4 Å². The summed E-state index contributed by atoms with van der Waals surface area (Å²) in [6.07, 6.45) is 7.18. The molecule has 3 nitrogen and oxygen atoms in total. The first-order chi connectivity index (χ1) is 7.68. The number of carboxylic acid groups (broad SMARTS) is 1. The van der Waals surface area contributed by atoms with Gasteiger partial charge in [-0.2, -0.15) is 0 Å². The van der Waals surface area contributed by atoms with Gasteiger partial charge in [0.2, 0.25) is 0 Å². The van der Waals surface area contributed by atoms with Crippen LogP contribution in [0.2, 0.25) is 0 Å². The minimum Gasteiger partial charge on any atom is -0.476 e. The lowest BCUT2D eigenvalue weighted by Gasteiger charge is -2.11. The number of aromatic nitrogens is 1. The molecule has 1 N–H and O–H groups in total. The number of aromatic carboxylic acids is 1. The van der Waals surface area contributed by atoms with Gasteiger partial charge in [0, 0.05) is 4.88 Å². The molecule has 1 heterocycles. The monoisotopic (exact) mass is 303 g/mol. The van der Waals surface area contributed by atoms with Crippen LogP contribution in [0.4, 0.5) is 0 Å². The Morgan fingerprint density at radius 1 is 1.31 bits per heavy atom. The first-order valence-corrected chi connectivity index (χ1v) is 7.19. The van der Waals surface area contributed by atoms with Crippen molar-refractivity contribution in [1.29, 1.82) is 0 Å². The van der Waals surface area contributed by atoms with Crippen LogP contribution in [0.25, 0.3) is 0 Å². The van der Waals surface area contributed by atoms with E-state index in [9.17, 15) is 4.79 Å². The van der Waals surface area contributed by atoms with Gasteiger partial charge in [-0.15, -0.1) is 11.3 Å². The van der Waals surface area contributed by atoms with Gasteiger partial charge >= 0.3 is 5.97 Å². The smallest absolute Gasteiger partial charge is 0.355 e. The van der Waals surface area contributed by atoms with Crippen molar-refractivity contribution in [1.82, 2.24) is 4.98 Å². The molecule has 0 radical (unpaired) electrons. The van der Waals surface area contributed by atoms with E-state index in [1.54, 1.807) is 0 Å². The van der Waals surface area contributed by atoms with Crippen LogP contribution in [0.1, 0.15) is 59.8 Å². The zero-order valence-electron chi connectivity index (χ0n) is 8.91. The van der Waals surface area contributed by atoms with Crippen LogP contribution in [0.15, 0.2) is 3.92 Å². The van der Waals surface area contributed by atoms with Crippen molar-refractivity contribution in [3.8, 4) is 0 Å². The van der Waals surface area contributed by atoms with Gasteiger partial charge in [-0.1, -0.05) is 25.7 Å². The number of carbonyl (C=O) groups is 1. The summed E-state index contributed by atoms with van der Waals surface area (Å²) in [5.74, 6) is -0.501. The highest BCUT2D eigenvalue weighted by Crippen LogP contribution is 2.38. The standard InChI is InChI=1S/C11H14BrNO2S/c12-11-13-8(10(14)15)9(16-11)7-5-3-1-2-4-6-7/h7H,1-6H2,(H,14,15). The summed E-state index contributed by atoms with van der Waals surface area (Å²) in [5.41, 5.74) is 0.253. The molecule has 0 unspecified atom stereocenters. The predicted molar refractivity (Wildman–Crippen MR) is 67.2 cm³/mol. The molecular weight excluding hydrogens is 290 g/mol. The maximum Gasteiger partial charge on any atom is 0.355 e. The fourth-order valence-corrected chi connectivity index (χ4v) is 3.93. The van der Waals surface area contributed by atoms with E-state index in [1.807, 2.05) is 0 Å². The van der Waals surface area contributed by atoms with Crippen molar-refractivity contribution in [3.05, 3.63) is 14.5 Å². The van der Waals surface area contributed by atoms with Crippen molar-refractivity contribution < 1.29 is 9.90 Å². The highest BCUT2D eigenvalue weighted by atomic mass is 79.9. The molecule has 1 aliphatic rings. The average Bonchev–Trinajstić information content (AvgIpc) is 2.49. The molecule has 0 aliphatic heterocycles. The molecule has 2 rings (SSSR count). The lowest BCUT2D eigenvalue weighted by atomic mass is 9.97. The van der Waals surface area contributed by atoms with Gasteiger partial charge in [-0.05, 0) is 34.7 Å². The van der Waals surface area contributed by atoms with Gasteiger partial charge in [0.05, 0.1) is 0 Å². The molecule has 1 aromatic rings. The Labute approximate surface area is 107 Å². The molecule has 0 spiro atoms. The number of nitrogens with zero attached hydrogens (tertiary/aromatic N) is 1. The van der Waals surface area contributed by atoms with Gasteiger partial charge < -0.3 is 5.11 Å². The summed E-state index contributed by atoms with van der Waals surface area (Å²) in [6.45, 7) is 0. The average molecular weight is 304 g/mol. The highest BCUT2D eigenvalue weighted by molar-refractivity contribution is 9.11.